The van der Waals surface area contributed by atoms with Gasteiger partial charge in [0, 0.05) is 51.3 Å². The van der Waals surface area contributed by atoms with Gasteiger partial charge in [-0.2, -0.15) is 0 Å². The minimum Gasteiger partial charge on any atom is -0.381 e. The first-order valence-electron chi connectivity index (χ1n) is 8.64. The fourth-order valence-electron chi connectivity index (χ4n) is 3.45. The largest absolute Gasteiger partial charge is 0.381 e. The molecule has 1 saturated carbocycles. The Bertz CT molecular complexity index is 378. The molecule has 3 fully saturated rings. The first-order valence-corrected chi connectivity index (χ1v) is 8.64. The standard InChI is InChI=1S/C16H30N4O2/c1-12-9-14(12)19-16(17-2)18-10-15(13-3-6-22-11-13)20-4-7-21-8-5-20/h12-15H,3-11H2,1-2H3,(H2,17,18,19). The smallest absolute Gasteiger partial charge is 0.191 e. The van der Waals surface area contributed by atoms with Crippen LogP contribution in [-0.2, 0) is 9.47 Å². The number of nitrogens with one attached hydrogen (secondary N) is 2. The zero-order valence-electron chi connectivity index (χ0n) is 13.9. The van der Waals surface area contributed by atoms with Crippen LogP contribution in [0, 0.1) is 11.8 Å². The molecule has 2 N–H and O–H groups in total. The monoisotopic (exact) mass is 310 g/mol. The number of ether oxygens (including phenoxy) is 2. The van der Waals surface area contributed by atoms with E-state index in [4.69, 9.17) is 9.47 Å². The average molecular weight is 310 g/mol. The van der Waals surface area contributed by atoms with Crippen LogP contribution < -0.4 is 10.6 Å². The highest BCUT2D eigenvalue weighted by Gasteiger charge is 2.34. The van der Waals surface area contributed by atoms with E-state index in [2.05, 4.69) is 27.4 Å². The summed E-state index contributed by atoms with van der Waals surface area (Å²) in [6, 6.07) is 1.10. The van der Waals surface area contributed by atoms with E-state index in [1.165, 1.54) is 6.42 Å². The molecule has 6 nitrogen and oxygen atoms in total. The Balaban J connectivity index is 1.54. The molecule has 2 aliphatic heterocycles. The Hall–Kier alpha value is -0.850. The molecule has 1 aliphatic carbocycles. The van der Waals surface area contributed by atoms with Crippen molar-refractivity contribution in [1.29, 1.82) is 0 Å². The van der Waals surface area contributed by atoms with E-state index in [-0.39, 0.29) is 0 Å². The minimum atomic E-state index is 0.501. The van der Waals surface area contributed by atoms with Gasteiger partial charge in [-0.1, -0.05) is 6.92 Å². The van der Waals surface area contributed by atoms with E-state index >= 15 is 0 Å². The Labute approximate surface area is 133 Å². The van der Waals surface area contributed by atoms with Crippen LogP contribution in [0.5, 0.6) is 0 Å². The molecule has 0 aromatic heterocycles. The molecule has 0 bridgehead atoms. The SMILES string of the molecule is CN=C(NCC(C1CCOC1)N1CCOCC1)NC1CC1C. The van der Waals surface area contributed by atoms with E-state index in [1.54, 1.807) is 0 Å². The van der Waals surface area contributed by atoms with Crippen molar-refractivity contribution in [1.82, 2.24) is 15.5 Å². The predicted molar refractivity (Wildman–Crippen MR) is 87.2 cm³/mol. The molecule has 3 aliphatic rings. The van der Waals surface area contributed by atoms with Crippen LogP contribution in [-0.4, -0.2) is 76.1 Å². The van der Waals surface area contributed by atoms with Crippen molar-refractivity contribution >= 4 is 5.96 Å². The van der Waals surface area contributed by atoms with E-state index in [1.807, 2.05) is 7.05 Å². The van der Waals surface area contributed by atoms with Gasteiger partial charge in [-0.3, -0.25) is 9.89 Å². The zero-order chi connectivity index (χ0) is 15.4. The molecule has 4 unspecified atom stereocenters. The van der Waals surface area contributed by atoms with Crippen LogP contribution in [0.1, 0.15) is 19.8 Å². The van der Waals surface area contributed by atoms with Crippen molar-refractivity contribution in [3.8, 4) is 0 Å². The predicted octanol–water partition coefficient (Wildman–Crippen LogP) is 0.297. The number of aliphatic imine (C=N–C) groups is 1. The quantitative estimate of drug-likeness (QED) is 0.565. The van der Waals surface area contributed by atoms with Gasteiger partial charge in [0.2, 0.25) is 0 Å². The van der Waals surface area contributed by atoms with Crippen LogP contribution >= 0.6 is 0 Å². The molecule has 22 heavy (non-hydrogen) atoms. The molecule has 6 heteroatoms. The molecule has 3 rings (SSSR count). The summed E-state index contributed by atoms with van der Waals surface area (Å²) in [6.45, 7) is 8.72. The maximum atomic E-state index is 5.62. The number of rotatable bonds is 5. The summed E-state index contributed by atoms with van der Waals surface area (Å²) < 4.78 is 11.1. The van der Waals surface area contributed by atoms with Crippen LogP contribution in [0.15, 0.2) is 4.99 Å². The van der Waals surface area contributed by atoms with Crippen molar-refractivity contribution in [3.05, 3.63) is 0 Å². The Kier molecular flexibility index (Phi) is 5.55. The van der Waals surface area contributed by atoms with Gasteiger partial charge in [0.05, 0.1) is 19.8 Å². The second kappa shape index (κ2) is 7.62. The van der Waals surface area contributed by atoms with Gasteiger partial charge >= 0.3 is 0 Å². The van der Waals surface area contributed by atoms with E-state index in [9.17, 15) is 0 Å². The third-order valence-corrected chi connectivity index (χ3v) is 5.16. The highest BCUT2D eigenvalue weighted by Crippen LogP contribution is 2.28. The fourth-order valence-corrected chi connectivity index (χ4v) is 3.45. The molecule has 2 heterocycles. The molecular formula is C16H30N4O2. The topological polar surface area (TPSA) is 58.1 Å². The molecule has 0 radical (unpaired) electrons. The van der Waals surface area contributed by atoms with E-state index < -0.39 is 0 Å². The highest BCUT2D eigenvalue weighted by atomic mass is 16.5. The van der Waals surface area contributed by atoms with Crippen LogP contribution in [0.4, 0.5) is 0 Å². The van der Waals surface area contributed by atoms with Crippen LogP contribution in [0.25, 0.3) is 0 Å². The van der Waals surface area contributed by atoms with Gasteiger partial charge in [0.1, 0.15) is 0 Å². The molecule has 0 aromatic rings. The lowest BCUT2D eigenvalue weighted by atomic mass is 9.97. The van der Waals surface area contributed by atoms with Gasteiger partial charge in [-0.25, -0.2) is 0 Å². The maximum absolute atomic E-state index is 5.62. The maximum Gasteiger partial charge on any atom is 0.191 e. The summed E-state index contributed by atoms with van der Waals surface area (Å²) in [5.74, 6) is 2.33. The molecular weight excluding hydrogens is 280 g/mol. The normalized spacial score (nSPS) is 34.5. The van der Waals surface area contributed by atoms with Crippen LogP contribution in [0.3, 0.4) is 0 Å². The first-order chi connectivity index (χ1) is 10.8. The van der Waals surface area contributed by atoms with Gasteiger partial charge in [-0.05, 0) is 18.8 Å². The van der Waals surface area contributed by atoms with Crippen LogP contribution in [0.2, 0.25) is 0 Å². The number of hydrogen-bond donors (Lipinski definition) is 2. The lowest BCUT2D eigenvalue weighted by Gasteiger charge is -2.37. The summed E-state index contributed by atoms with van der Waals surface area (Å²) in [6.07, 6.45) is 2.42. The summed E-state index contributed by atoms with van der Waals surface area (Å²) in [4.78, 5) is 6.92. The van der Waals surface area contributed by atoms with Crippen molar-refractivity contribution in [2.24, 2.45) is 16.8 Å². The second-order valence-corrected chi connectivity index (χ2v) is 6.76. The second-order valence-electron chi connectivity index (χ2n) is 6.76. The number of guanidine groups is 1. The van der Waals surface area contributed by atoms with Gasteiger partial charge in [-0.15, -0.1) is 0 Å². The number of hydrogen-bond acceptors (Lipinski definition) is 4. The van der Waals surface area contributed by atoms with Crippen molar-refractivity contribution in [2.45, 2.75) is 31.8 Å². The first kappa shape index (κ1) is 16.0. The van der Waals surface area contributed by atoms with Gasteiger partial charge in [0.25, 0.3) is 0 Å². The Morgan fingerprint density at radius 3 is 2.64 bits per heavy atom. The van der Waals surface area contributed by atoms with Crippen molar-refractivity contribution in [2.75, 3.05) is 53.1 Å². The minimum absolute atomic E-state index is 0.501. The molecule has 4 atom stereocenters. The summed E-state index contributed by atoms with van der Waals surface area (Å²) in [5.41, 5.74) is 0. The molecule has 2 saturated heterocycles. The van der Waals surface area contributed by atoms with Crippen molar-refractivity contribution in [3.63, 3.8) is 0 Å². The molecule has 0 aromatic carbocycles. The van der Waals surface area contributed by atoms with E-state index in [0.717, 1.165) is 64.4 Å². The summed E-state index contributed by atoms with van der Waals surface area (Å²) >= 11 is 0. The lowest BCUT2D eigenvalue weighted by Crippen LogP contribution is -2.53. The molecule has 126 valence electrons. The van der Waals surface area contributed by atoms with Gasteiger partial charge in [0.15, 0.2) is 5.96 Å². The van der Waals surface area contributed by atoms with Gasteiger partial charge < -0.3 is 20.1 Å². The third-order valence-electron chi connectivity index (χ3n) is 5.16. The number of nitrogens with zero attached hydrogens (tertiary/aromatic N) is 2. The highest BCUT2D eigenvalue weighted by molar-refractivity contribution is 5.80. The third kappa shape index (κ3) is 4.12. The summed E-state index contributed by atoms with van der Waals surface area (Å²) in [7, 11) is 1.85. The zero-order valence-corrected chi connectivity index (χ0v) is 13.9. The Morgan fingerprint density at radius 2 is 2.05 bits per heavy atom. The Morgan fingerprint density at radius 1 is 1.27 bits per heavy atom. The van der Waals surface area contributed by atoms with E-state index in [0.29, 0.717) is 18.0 Å². The summed E-state index contributed by atoms with van der Waals surface area (Å²) in [5, 5.41) is 7.04. The number of morpholine rings is 1. The molecule has 0 amide bonds. The van der Waals surface area contributed by atoms with Crippen molar-refractivity contribution < 1.29 is 9.47 Å². The average Bonchev–Trinajstić information content (AvgIpc) is 3.02. The lowest BCUT2D eigenvalue weighted by molar-refractivity contribution is 0.00246. The fraction of sp³-hybridized carbons (Fsp3) is 0.938. The molecule has 0 spiro atoms.